The maximum atomic E-state index is 13.4. The number of piperidine rings is 1. The fourth-order valence-electron chi connectivity index (χ4n) is 6.13. The number of carbonyl (C=O) groups is 5. The fourth-order valence-corrected chi connectivity index (χ4v) is 6.13. The van der Waals surface area contributed by atoms with E-state index in [-0.39, 0.29) is 24.3 Å². The molecule has 236 valence electrons. The van der Waals surface area contributed by atoms with Crippen LogP contribution in [0.3, 0.4) is 0 Å². The molecule has 0 saturated carbocycles. The van der Waals surface area contributed by atoms with Gasteiger partial charge in [-0.3, -0.25) is 39.2 Å². The number of hydrogen-bond acceptors (Lipinski definition) is 8. The minimum atomic E-state index is -0.990. The number of para-hydroxylation sites is 1. The van der Waals surface area contributed by atoms with Crippen LogP contribution in [-0.4, -0.2) is 70.5 Å². The Labute approximate surface area is 265 Å². The largest absolute Gasteiger partial charge is 0.459 e. The second-order valence-electron chi connectivity index (χ2n) is 11.8. The number of benzene rings is 2. The molecule has 2 unspecified atom stereocenters. The second-order valence-corrected chi connectivity index (χ2v) is 11.8. The number of nitrogens with zero attached hydrogens (tertiary/aromatic N) is 3. The van der Waals surface area contributed by atoms with Crippen molar-refractivity contribution in [1.82, 2.24) is 25.4 Å². The van der Waals surface area contributed by atoms with Gasteiger partial charge < -0.3 is 14.6 Å². The lowest BCUT2D eigenvalue weighted by Gasteiger charge is -2.27. The van der Waals surface area contributed by atoms with Gasteiger partial charge in [-0.05, 0) is 69.1 Å². The van der Waals surface area contributed by atoms with Gasteiger partial charge in [-0.1, -0.05) is 36.4 Å². The highest BCUT2D eigenvalue weighted by molar-refractivity contribution is 6.24. The quantitative estimate of drug-likeness (QED) is 0.180. The van der Waals surface area contributed by atoms with Crippen molar-refractivity contribution in [1.29, 1.82) is 0 Å². The Morgan fingerprint density at radius 2 is 1.89 bits per heavy atom. The molecule has 11 heteroatoms. The maximum Gasteiger partial charge on any atom is 0.262 e. The Balaban J connectivity index is 1.00. The van der Waals surface area contributed by atoms with E-state index in [1.165, 1.54) is 0 Å². The van der Waals surface area contributed by atoms with Crippen LogP contribution in [-0.2, 0) is 20.8 Å². The van der Waals surface area contributed by atoms with Crippen molar-refractivity contribution in [2.24, 2.45) is 0 Å². The monoisotopic (exact) mass is 621 g/mol. The summed E-state index contributed by atoms with van der Waals surface area (Å²) in [6.07, 6.45) is 5.98. The molecular formula is C35H35N5O6. The zero-order chi connectivity index (χ0) is 32.2. The number of amides is 5. The van der Waals surface area contributed by atoms with Crippen molar-refractivity contribution in [3.63, 3.8) is 0 Å². The van der Waals surface area contributed by atoms with E-state index in [0.717, 1.165) is 40.0 Å². The molecule has 0 radical (unpaired) electrons. The lowest BCUT2D eigenvalue weighted by Crippen LogP contribution is -2.54. The van der Waals surface area contributed by atoms with Gasteiger partial charge >= 0.3 is 0 Å². The highest BCUT2D eigenvalue weighted by Crippen LogP contribution is 2.31. The van der Waals surface area contributed by atoms with Gasteiger partial charge in [-0.2, -0.15) is 0 Å². The Bertz CT molecular complexity index is 1770. The SMILES string of the molecule is CN(CCCCC(=O)NC(c1cccnc1)c1cc2ccccc2o1)CCc1cccc2c1C(=O)N(C1CCC(=O)NC1=O)C2=O. The van der Waals surface area contributed by atoms with E-state index in [4.69, 9.17) is 4.42 Å². The van der Waals surface area contributed by atoms with E-state index in [2.05, 4.69) is 20.5 Å². The number of hydrogen-bond donors (Lipinski definition) is 2. The normalized spacial score (nSPS) is 17.0. The molecule has 11 nitrogen and oxygen atoms in total. The Morgan fingerprint density at radius 3 is 2.67 bits per heavy atom. The summed E-state index contributed by atoms with van der Waals surface area (Å²) >= 11 is 0. The molecule has 2 aromatic heterocycles. The number of imide groups is 2. The van der Waals surface area contributed by atoms with Gasteiger partial charge in [-0.25, -0.2) is 0 Å². The summed E-state index contributed by atoms with van der Waals surface area (Å²) in [5.74, 6) is -1.46. The average molecular weight is 622 g/mol. The van der Waals surface area contributed by atoms with Gasteiger partial charge in [0.05, 0.1) is 11.1 Å². The molecule has 2 aromatic carbocycles. The highest BCUT2D eigenvalue weighted by Gasteiger charge is 2.45. The number of carbonyl (C=O) groups excluding carboxylic acids is 5. The Kier molecular flexibility index (Phi) is 9.02. The number of nitrogens with one attached hydrogen (secondary N) is 2. The molecule has 2 N–H and O–H groups in total. The van der Waals surface area contributed by atoms with E-state index >= 15 is 0 Å². The lowest BCUT2D eigenvalue weighted by molar-refractivity contribution is -0.136. The third-order valence-electron chi connectivity index (χ3n) is 8.56. The minimum Gasteiger partial charge on any atom is -0.459 e. The van der Waals surface area contributed by atoms with Crippen LogP contribution >= 0.6 is 0 Å². The molecule has 2 aliphatic rings. The van der Waals surface area contributed by atoms with E-state index in [1.54, 1.807) is 24.5 Å². The number of pyridine rings is 1. The predicted molar refractivity (Wildman–Crippen MR) is 169 cm³/mol. The number of rotatable bonds is 12. The van der Waals surface area contributed by atoms with Crippen molar-refractivity contribution in [3.05, 3.63) is 101 Å². The van der Waals surface area contributed by atoms with Crippen LogP contribution in [0.15, 0.2) is 77.5 Å². The maximum absolute atomic E-state index is 13.4. The van der Waals surface area contributed by atoms with E-state index in [0.29, 0.717) is 37.1 Å². The summed E-state index contributed by atoms with van der Waals surface area (Å²) in [6.45, 7) is 1.38. The van der Waals surface area contributed by atoms with Gasteiger partial charge in [0, 0.05) is 42.7 Å². The van der Waals surface area contributed by atoms with E-state index in [1.807, 2.05) is 55.6 Å². The van der Waals surface area contributed by atoms with E-state index < -0.39 is 35.7 Å². The zero-order valence-corrected chi connectivity index (χ0v) is 25.5. The average Bonchev–Trinajstić information content (AvgIpc) is 3.60. The second kappa shape index (κ2) is 13.5. The van der Waals surface area contributed by atoms with Gasteiger partial charge in [0.2, 0.25) is 17.7 Å². The number of furan rings is 1. The summed E-state index contributed by atoms with van der Waals surface area (Å²) < 4.78 is 6.07. The van der Waals surface area contributed by atoms with Crippen molar-refractivity contribution in [3.8, 4) is 0 Å². The van der Waals surface area contributed by atoms with Gasteiger partial charge in [-0.15, -0.1) is 0 Å². The third kappa shape index (κ3) is 6.45. The van der Waals surface area contributed by atoms with Crippen LogP contribution in [0.5, 0.6) is 0 Å². The molecule has 0 bridgehead atoms. The summed E-state index contributed by atoms with van der Waals surface area (Å²) in [7, 11) is 1.98. The van der Waals surface area contributed by atoms with Gasteiger partial charge in [0.15, 0.2) is 0 Å². The molecule has 0 spiro atoms. The van der Waals surface area contributed by atoms with Crippen LogP contribution in [0, 0.1) is 0 Å². The standard InChI is InChI=1S/C35H35N5O6/c1-39(19-16-22-9-6-11-25-31(22)35(45)40(34(25)44)26-14-15-30(42)38-33(26)43)18-5-4-13-29(41)37-32(24-10-7-17-36-21-24)28-20-23-8-2-3-12-27(23)46-28/h2-3,6-12,17,20-21,26,32H,4-5,13-16,18-19H2,1H3,(H,37,41)(H,38,42,43). The van der Waals surface area contributed by atoms with Crippen LogP contribution in [0.25, 0.3) is 11.0 Å². The van der Waals surface area contributed by atoms with E-state index in [9.17, 15) is 24.0 Å². The third-order valence-corrected chi connectivity index (χ3v) is 8.56. The van der Waals surface area contributed by atoms with Crippen molar-refractivity contribution < 1.29 is 28.4 Å². The fraction of sp³-hybridized carbons (Fsp3) is 0.314. The molecule has 1 fully saturated rings. The molecule has 4 heterocycles. The first-order valence-corrected chi connectivity index (χ1v) is 15.5. The molecule has 1 saturated heterocycles. The lowest BCUT2D eigenvalue weighted by atomic mass is 10.00. The smallest absolute Gasteiger partial charge is 0.262 e. The Morgan fingerprint density at radius 1 is 1.04 bits per heavy atom. The van der Waals surface area contributed by atoms with Crippen molar-refractivity contribution in [2.45, 2.75) is 50.6 Å². The number of likely N-dealkylation sites (N-methyl/N-ethyl adjacent to an activating group) is 1. The summed E-state index contributed by atoms with van der Waals surface area (Å²) in [5, 5.41) is 6.31. The molecule has 2 atom stereocenters. The summed E-state index contributed by atoms with van der Waals surface area (Å²) in [5.41, 5.74) is 2.95. The summed E-state index contributed by atoms with van der Waals surface area (Å²) in [4.78, 5) is 70.8. The predicted octanol–water partition coefficient (Wildman–Crippen LogP) is 3.78. The molecule has 2 aliphatic heterocycles. The van der Waals surface area contributed by atoms with Crippen LogP contribution in [0.1, 0.15) is 75.7 Å². The first-order chi connectivity index (χ1) is 22.3. The minimum absolute atomic E-state index is 0.0789. The first kappa shape index (κ1) is 30.8. The van der Waals surface area contributed by atoms with Crippen LogP contribution in [0.4, 0.5) is 0 Å². The first-order valence-electron chi connectivity index (χ1n) is 15.5. The highest BCUT2D eigenvalue weighted by atomic mass is 16.3. The number of fused-ring (bicyclic) bond motifs is 2. The molecular weight excluding hydrogens is 586 g/mol. The van der Waals surface area contributed by atoms with Crippen molar-refractivity contribution in [2.75, 3.05) is 20.1 Å². The molecule has 4 aromatic rings. The van der Waals surface area contributed by atoms with Gasteiger partial charge in [0.25, 0.3) is 11.8 Å². The number of aromatic nitrogens is 1. The molecule has 5 amide bonds. The summed E-state index contributed by atoms with van der Waals surface area (Å²) in [6, 6.07) is 17.2. The Hall–Kier alpha value is -5.16. The van der Waals surface area contributed by atoms with Crippen molar-refractivity contribution >= 4 is 40.5 Å². The topological polar surface area (TPSA) is 142 Å². The zero-order valence-electron chi connectivity index (χ0n) is 25.5. The van der Waals surface area contributed by atoms with Crippen LogP contribution < -0.4 is 10.6 Å². The molecule has 0 aliphatic carbocycles. The molecule has 6 rings (SSSR count). The van der Waals surface area contributed by atoms with Gasteiger partial charge in [0.1, 0.15) is 23.4 Å². The van der Waals surface area contributed by atoms with Crippen LogP contribution in [0.2, 0.25) is 0 Å². The number of unbranched alkanes of at least 4 members (excludes halogenated alkanes) is 1. The molecule has 46 heavy (non-hydrogen) atoms.